The van der Waals surface area contributed by atoms with Gasteiger partial charge in [0.15, 0.2) is 5.82 Å². The summed E-state index contributed by atoms with van der Waals surface area (Å²) in [6.07, 6.45) is 3.09. The van der Waals surface area contributed by atoms with E-state index < -0.39 is 0 Å². The van der Waals surface area contributed by atoms with Crippen molar-refractivity contribution < 1.29 is 9.53 Å². The molecule has 5 aromatic rings. The lowest BCUT2D eigenvalue weighted by atomic mass is 9.96. The van der Waals surface area contributed by atoms with E-state index in [1.54, 1.807) is 13.3 Å². The molecule has 1 aliphatic heterocycles. The van der Waals surface area contributed by atoms with Gasteiger partial charge in [0.05, 0.1) is 23.3 Å². The summed E-state index contributed by atoms with van der Waals surface area (Å²) in [5.74, 6) is 1.96. The minimum Gasteiger partial charge on any atom is -0.481 e. The Bertz CT molecular complexity index is 1820. The Labute approximate surface area is 255 Å². The molecule has 1 fully saturated rings. The van der Waals surface area contributed by atoms with Gasteiger partial charge in [0.25, 0.3) is 0 Å². The fraction of sp³-hybridized carbons (Fsp3) is 0.242. The quantitative estimate of drug-likeness (QED) is 0.196. The maximum absolute atomic E-state index is 11.5. The Balaban J connectivity index is 1.28. The number of pyridine rings is 2. The van der Waals surface area contributed by atoms with Crippen LogP contribution < -0.4 is 20.7 Å². The Morgan fingerprint density at radius 1 is 0.977 bits per heavy atom. The van der Waals surface area contributed by atoms with Gasteiger partial charge < -0.3 is 20.7 Å². The summed E-state index contributed by atoms with van der Waals surface area (Å²) in [6, 6.07) is 20.0. The largest absolute Gasteiger partial charge is 0.481 e. The van der Waals surface area contributed by atoms with E-state index in [9.17, 15) is 4.79 Å². The predicted octanol–water partition coefficient (Wildman–Crippen LogP) is 6.14. The zero-order valence-electron chi connectivity index (χ0n) is 24.2. The van der Waals surface area contributed by atoms with Crippen LogP contribution in [0.5, 0.6) is 5.88 Å². The van der Waals surface area contributed by atoms with Gasteiger partial charge >= 0.3 is 0 Å². The first-order valence-electron chi connectivity index (χ1n) is 14.2. The van der Waals surface area contributed by atoms with Crippen molar-refractivity contribution in [1.82, 2.24) is 30.6 Å². The first kappa shape index (κ1) is 28.5. The number of rotatable bonds is 8. The summed E-state index contributed by atoms with van der Waals surface area (Å²) in [4.78, 5) is 29.9. The van der Waals surface area contributed by atoms with Crippen LogP contribution in [-0.2, 0) is 11.3 Å². The van der Waals surface area contributed by atoms with Gasteiger partial charge in [-0.05, 0) is 55.7 Å². The van der Waals surface area contributed by atoms with Gasteiger partial charge in [-0.1, -0.05) is 48.0 Å². The Hall–Kier alpha value is -4.60. The van der Waals surface area contributed by atoms with Gasteiger partial charge in [0.2, 0.25) is 11.8 Å². The summed E-state index contributed by atoms with van der Waals surface area (Å²) in [7, 11) is 1.62. The topological polar surface area (TPSA) is 114 Å². The number of fused-ring (bicyclic) bond motifs is 1. The molecule has 0 spiro atoms. The molecular formula is C33H32ClN7O2. The van der Waals surface area contributed by atoms with Crippen molar-refractivity contribution in [3.05, 3.63) is 88.8 Å². The van der Waals surface area contributed by atoms with Crippen LogP contribution in [-0.4, -0.2) is 45.5 Å². The molecule has 2 aromatic carbocycles. The number of carbonyl (C=O) groups is 1. The zero-order chi connectivity index (χ0) is 29.9. The minimum atomic E-state index is 0.103. The number of methoxy groups -OCH3 is 1. The Kier molecular flexibility index (Phi) is 8.18. The molecule has 0 bridgehead atoms. The SMILES string of the molecule is COc1nc(-c2cccc(-c3cccc(Nc4nc(C)nc5cccnc45)c3C)c2Cl)ccc1CNC1CCC(=O)NC1. The number of hydrogen-bond donors (Lipinski definition) is 3. The lowest BCUT2D eigenvalue weighted by Gasteiger charge is -2.24. The molecule has 9 nitrogen and oxygen atoms in total. The number of anilines is 2. The molecule has 10 heteroatoms. The highest BCUT2D eigenvalue weighted by atomic mass is 35.5. The fourth-order valence-corrected chi connectivity index (χ4v) is 5.72. The predicted molar refractivity (Wildman–Crippen MR) is 170 cm³/mol. The molecule has 4 heterocycles. The molecule has 3 N–H and O–H groups in total. The Morgan fingerprint density at radius 2 is 1.79 bits per heavy atom. The van der Waals surface area contributed by atoms with E-state index in [-0.39, 0.29) is 11.9 Å². The summed E-state index contributed by atoms with van der Waals surface area (Å²) in [5.41, 5.74) is 7.78. The van der Waals surface area contributed by atoms with E-state index in [4.69, 9.17) is 21.3 Å². The monoisotopic (exact) mass is 593 g/mol. The number of nitrogens with zero attached hydrogens (tertiary/aromatic N) is 4. The molecule has 1 unspecified atom stereocenters. The summed E-state index contributed by atoms with van der Waals surface area (Å²) in [5, 5.41) is 10.5. The number of amides is 1. The lowest BCUT2D eigenvalue weighted by Crippen LogP contribution is -2.45. The van der Waals surface area contributed by atoms with E-state index in [1.807, 2.05) is 61.5 Å². The molecule has 1 saturated heterocycles. The average molecular weight is 594 g/mol. The highest BCUT2D eigenvalue weighted by molar-refractivity contribution is 6.36. The molecular weight excluding hydrogens is 562 g/mol. The number of piperidine rings is 1. The van der Waals surface area contributed by atoms with Gasteiger partial charge in [-0.2, -0.15) is 0 Å². The van der Waals surface area contributed by atoms with Crippen LogP contribution in [0.25, 0.3) is 33.4 Å². The second-order valence-electron chi connectivity index (χ2n) is 10.5. The molecule has 43 heavy (non-hydrogen) atoms. The van der Waals surface area contributed by atoms with E-state index in [1.165, 1.54) is 0 Å². The van der Waals surface area contributed by atoms with E-state index >= 15 is 0 Å². The van der Waals surface area contributed by atoms with Crippen molar-refractivity contribution in [1.29, 1.82) is 0 Å². The fourth-order valence-electron chi connectivity index (χ4n) is 5.39. The van der Waals surface area contributed by atoms with Crippen molar-refractivity contribution in [2.75, 3.05) is 19.0 Å². The normalized spacial score (nSPS) is 14.9. The molecule has 1 amide bonds. The third kappa shape index (κ3) is 6.00. The van der Waals surface area contributed by atoms with Crippen LogP contribution in [0, 0.1) is 13.8 Å². The van der Waals surface area contributed by atoms with E-state index in [0.29, 0.717) is 47.6 Å². The highest BCUT2D eigenvalue weighted by Crippen LogP contribution is 2.40. The molecule has 0 saturated carbocycles. The van der Waals surface area contributed by atoms with Crippen LogP contribution in [0.1, 0.15) is 29.8 Å². The minimum absolute atomic E-state index is 0.103. The number of carbonyl (C=O) groups excluding carboxylic acids is 1. The van der Waals surface area contributed by atoms with Crippen molar-refractivity contribution >= 4 is 40.0 Å². The van der Waals surface area contributed by atoms with Crippen molar-refractivity contribution in [2.24, 2.45) is 0 Å². The molecule has 0 radical (unpaired) electrons. The number of halogens is 1. The smallest absolute Gasteiger partial charge is 0.220 e. The summed E-state index contributed by atoms with van der Waals surface area (Å²) in [6.45, 7) is 5.14. The second-order valence-corrected chi connectivity index (χ2v) is 10.9. The number of ether oxygens (including phenoxy) is 1. The Morgan fingerprint density at radius 3 is 2.60 bits per heavy atom. The number of aromatic nitrogens is 4. The maximum Gasteiger partial charge on any atom is 0.220 e. The number of aryl methyl sites for hydroxylation is 1. The lowest BCUT2D eigenvalue weighted by molar-refractivity contribution is -0.122. The molecule has 3 aromatic heterocycles. The van der Waals surface area contributed by atoms with Crippen LogP contribution in [0.3, 0.4) is 0 Å². The van der Waals surface area contributed by atoms with Gasteiger partial charge in [0, 0.05) is 54.1 Å². The third-order valence-electron chi connectivity index (χ3n) is 7.70. The zero-order valence-corrected chi connectivity index (χ0v) is 25.0. The van der Waals surface area contributed by atoms with Crippen LogP contribution in [0.15, 0.2) is 66.9 Å². The second kappa shape index (κ2) is 12.3. The average Bonchev–Trinajstić information content (AvgIpc) is 3.02. The van der Waals surface area contributed by atoms with Crippen molar-refractivity contribution in [3.8, 4) is 28.3 Å². The molecule has 1 atom stereocenters. The van der Waals surface area contributed by atoms with Crippen LogP contribution >= 0.6 is 11.6 Å². The van der Waals surface area contributed by atoms with E-state index in [2.05, 4.69) is 43.9 Å². The van der Waals surface area contributed by atoms with Gasteiger partial charge in [-0.3, -0.25) is 9.78 Å². The number of hydrogen-bond acceptors (Lipinski definition) is 8. The van der Waals surface area contributed by atoms with E-state index in [0.717, 1.165) is 51.1 Å². The molecule has 0 aliphatic carbocycles. The third-order valence-corrected chi connectivity index (χ3v) is 8.10. The summed E-state index contributed by atoms with van der Waals surface area (Å²) < 4.78 is 5.66. The molecule has 1 aliphatic rings. The first-order chi connectivity index (χ1) is 20.9. The number of benzene rings is 2. The van der Waals surface area contributed by atoms with Gasteiger partial charge in [0.1, 0.15) is 11.3 Å². The molecule has 6 rings (SSSR count). The van der Waals surface area contributed by atoms with Crippen LogP contribution in [0.2, 0.25) is 5.02 Å². The standard InChI is InChI=1S/C33H32ClN7O2/c1-19-23(7-5-10-26(19)40-32-31-28(11-6-16-35-31)38-20(2)39-32)24-8-4-9-25(30(24)34)27-14-12-21(33(41-27)43-3)17-36-22-13-15-29(42)37-18-22/h4-12,14,16,22,36H,13,15,17-18H2,1-3H3,(H,37,42)(H,38,39,40). The first-order valence-corrected chi connectivity index (χ1v) is 14.6. The van der Waals surface area contributed by atoms with Gasteiger partial charge in [-0.15, -0.1) is 0 Å². The van der Waals surface area contributed by atoms with Crippen molar-refractivity contribution in [3.63, 3.8) is 0 Å². The molecule has 218 valence electrons. The van der Waals surface area contributed by atoms with Gasteiger partial charge in [-0.25, -0.2) is 15.0 Å². The number of nitrogens with one attached hydrogen (secondary N) is 3. The van der Waals surface area contributed by atoms with Crippen molar-refractivity contribution in [2.45, 2.75) is 39.3 Å². The maximum atomic E-state index is 11.5. The van der Waals surface area contributed by atoms with Crippen LogP contribution in [0.4, 0.5) is 11.5 Å². The highest BCUT2D eigenvalue weighted by Gasteiger charge is 2.19. The summed E-state index contributed by atoms with van der Waals surface area (Å²) >= 11 is 7.09.